The number of rotatable bonds is 2. The van der Waals surface area contributed by atoms with Crippen molar-refractivity contribution in [1.29, 1.82) is 0 Å². The normalized spacial score (nSPS) is 22.2. The molecule has 0 saturated carbocycles. The van der Waals surface area contributed by atoms with Gasteiger partial charge in [-0.25, -0.2) is 9.69 Å². The van der Waals surface area contributed by atoms with Crippen molar-refractivity contribution >= 4 is 17.3 Å². The fourth-order valence-corrected chi connectivity index (χ4v) is 1.63. The highest BCUT2D eigenvalue weighted by atomic mass is 32.2. The Labute approximate surface area is 89.8 Å². The second-order valence-electron chi connectivity index (χ2n) is 2.85. The van der Waals surface area contributed by atoms with Crippen LogP contribution in [-0.2, 0) is 15.6 Å². The van der Waals surface area contributed by atoms with E-state index in [0.717, 1.165) is 11.3 Å². The summed E-state index contributed by atoms with van der Waals surface area (Å²) in [4.78, 5) is 0. The number of hydrogen-bond acceptors (Lipinski definition) is 4. The number of hydroxylamine groups is 1. The van der Waals surface area contributed by atoms with Crippen LogP contribution in [0.3, 0.4) is 0 Å². The van der Waals surface area contributed by atoms with Crippen LogP contribution in [0.2, 0.25) is 0 Å². The van der Waals surface area contributed by atoms with Crippen molar-refractivity contribution in [2.45, 2.75) is 0 Å². The summed E-state index contributed by atoms with van der Waals surface area (Å²) in [5.41, 5.74) is 3.45. The molecule has 6 heteroatoms. The first-order valence-corrected chi connectivity index (χ1v) is 5.33. The number of ether oxygens (including phenoxy) is 1. The maximum Gasteiger partial charge on any atom is 0.285 e. The molecule has 2 N–H and O–H groups in total. The van der Waals surface area contributed by atoms with Crippen LogP contribution < -0.4 is 14.9 Å². The van der Waals surface area contributed by atoms with E-state index in [1.807, 2.05) is 24.3 Å². The molecular weight excluding hydrogens is 216 g/mol. The van der Waals surface area contributed by atoms with Gasteiger partial charge in [0, 0.05) is 0 Å². The third-order valence-electron chi connectivity index (χ3n) is 1.85. The van der Waals surface area contributed by atoms with Gasteiger partial charge in [0.05, 0.1) is 7.11 Å². The van der Waals surface area contributed by atoms with Crippen LogP contribution in [-0.4, -0.2) is 11.3 Å². The maximum atomic E-state index is 10.8. The molecule has 1 aliphatic rings. The Morgan fingerprint density at radius 2 is 2.13 bits per heavy atom. The van der Waals surface area contributed by atoms with E-state index < -0.39 is 11.3 Å². The van der Waals surface area contributed by atoms with Gasteiger partial charge in [0.1, 0.15) is 11.6 Å². The van der Waals surface area contributed by atoms with Gasteiger partial charge in [0.25, 0.3) is 11.3 Å². The second kappa shape index (κ2) is 4.33. The topological polar surface area (TPSA) is 59.6 Å². The van der Waals surface area contributed by atoms with E-state index >= 15 is 0 Å². The van der Waals surface area contributed by atoms with Gasteiger partial charge < -0.3 is 4.74 Å². The maximum absolute atomic E-state index is 10.8. The smallest absolute Gasteiger partial charge is 0.285 e. The lowest BCUT2D eigenvalue weighted by Gasteiger charge is -2.00. The van der Waals surface area contributed by atoms with E-state index in [1.54, 1.807) is 13.2 Å². The fraction of sp³-hybridized carbons (Fsp3) is 0.111. The molecule has 0 amide bonds. The SMILES string of the molecule is COc1ccc(/C=C2\NOS(=O)N2)cc1. The zero-order chi connectivity index (χ0) is 10.7. The molecule has 1 aliphatic heterocycles. The minimum atomic E-state index is -1.49. The molecule has 1 fully saturated rings. The number of nitrogens with one attached hydrogen (secondary N) is 2. The lowest BCUT2D eigenvalue weighted by molar-refractivity contribution is 0.282. The summed E-state index contributed by atoms with van der Waals surface area (Å²) in [6, 6.07) is 7.46. The molecule has 1 aromatic rings. The Hall–Kier alpha value is -1.53. The van der Waals surface area contributed by atoms with E-state index in [9.17, 15) is 4.21 Å². The van der Waals surface area contributed by atoms with Crippen LogP contribution in [0, 0.1) is 0 Å². The zero-order valence-corrected chi connectivity index (χ0v) is 8.84. The second-order valence-corrected chi connectivity index (χ2v) is 3.69. The van der Waals surface area contributed by atoms with Crippen LogP contribution >= 0.6 is 0 Å². The van der Waals surface area contributed by atoms with Gasteiger partial charge in [0.2, 0.25) is 0 Å². The van der Waals surface area contributed by atoms with Crippen LogP contribution in [0.15, 0.2) is 30.1 Å². The Balaban J connectivity index is 2.13. The average Bonchev–Trinajstić information content (AvgIpc) is 2.65. The van der Waals surface area contributed by atoms with Gasteiger partial charge in [0.15, 0.2) is 0 Å². The van der Waals surface area contributed by atoms with E-state index in [0.29, 0.717) is 5.82 Å². The highest BCUT2D eigenvalue weighted by Crippen LogP contribution is 2.13. The fourth-order valence-electron chi connectivity index (χ4n) is 1.14. The largest absolute Gasteiger partial charge is 0.497 e. The molecule has 0 aromatic heterocycles. The van der Waals surface area contributed by atoms with Crippen molar-refractivity contribution in [3.05, 3.63) is 35.6 Å². The molecule has 1 aromatic carbocycles. The Bertz CT molecular complexity index is 402. The van der Waals surface area contributed by atoms with Crippen LogP contribution in [0.25, 0.3) is 6.08 Å². The van der Waals surface area contributed by atoms with Crippen LogP contribution in [0.5, 0.6) is 5.75 Å². The summed E-state index contributed by atoms with van der Waals surface area (Å²) in [6.07, 6.45) is 1.78. The van der Waals surface area contributed by atoms with E-state index in [-0.39, 0.29) is 0 Å². The molecule has 1 atom stereocenters. The lowest BCUT2D eigenvalue weighted by atomic mass is 10.2. The first-order valence-electron chi connectivity index (χ1n) is 4.25. The average molecular weight is 226 g/mol. The third-order valence-corrected chi connectivity index (χ3v) is 2.47. The molecule has 0 bridgehead atoms. The van der Waals surface area contributed by atoms with Crippen molar-refractivity contribution in [3.63, 3.8) is 0 Å². The molecule has 1 saturated heterocycles. The van der Waals surface area contributed by atoms with Crippen LogP contribution in [0.1, 0.15) is 5.56 Å². The van der Waals surface area contributed by atoms with E-state index in [2.05, 4.69) is 14.5 Å². The van der Waals surface area contributed by atoms with Crippen molar-refractivity contribution in [2.24, 2.45) is 0 Å². The first kappa shape index (κ1) is 10.0. The standard InChI is InChI=1S/C9H10N2O3S/c1-13-8-4-2-7(3-5-8)6-9-10-14-15(12)11-9/h2-6,10-11H,1H3/b9-6+. The van der Waals surface area contributed by atoms with Gasteiger partial charge in [-0.05, 0) is 23.8 Å². The summed E-state index contributed by atoms with van der Waals surface area (Å²) in [5, 5.41) is 0. The molecule has 0 aliphatic carbocycles. The van der Waals surface area contributed by atoms with Gasteiger partial charge in [-0.3, -0.25) is 4.72 Å². The van der Waals surface area contributed by atoms with Crippen molar-refractivity contribution in [3.8, 4) is 5.75 Å². The summed E-state index contributed by atoms with van der Waals surface area (Å²) in [6.45, 7) is 0. The predicted molar refractivity (Wildman–Crippen MR) is 56.5 cm³/mol. The lowest BCUT2D eigenvalue weighted by Crippen LogP contribution is -2.09. The number of hydrogen-bond donors (Lipinski definition) is 2. The predicted octanol–water partition coefficient (Wildman–Crippen LogP) is 0.697. The third kappa shape index (κ3) is 2.48. The van der Waals surface area contributed by atoms with Gasteiger partial charge >= 0.3 is 0 Å². The van der Waals surface area contributed by atoms with Crippen molar-refractivity contribution in [2.75, 3.05) is 7.11 Å². The molecule has 1 unspecified atom stereocenters. The number of methoxy groups -OCH3 is 1. The van der Waals surface area contributed by atoms with Gasteiger partial charge in [-0.2, -0.15) is 4.28 Å². The number of benzene rings is 1. The quantitative estimate of drug-likeness (QED) is 0.779. The summed E-state index contributed by atoms with van der Waals surface area (Å²) in [7, 11) is 1.62. The molecule has 1 heterocycles. The Morgan fingerprint density at radius 3 is 2.67 bits per heavy atom. The molecule has 0 spiro atoms. The Kier molecular flexibility index (Phi) is 2.89. The minimum Gasteiger partial charge on any atom is -0.497 e. The van der Waals surface area contributed by atoms with Gasteiger partial charge in [-0.15, -0.1) is 0 Å². The molecular formula is C9H10N2O3S. The molecule has 5 nitrogen and oxygen atoms in total. The highest BCUT2D eigenvalue weighted by Gasteiger charge is 2.12. The molecule has 0 radical (unpaired) electrons. The summed E-state index contributed by atoms with van der Waals surface area (Å²) < 4.78 is 23.0. The Morgan fingerprint density at radius 1 is 1.40 bits per heavy atom. The van der Waals surface area contributed by atoms with Gasteiger partial charge in [-0.1, -0.05) is 12.1 Å². The highest BCUT2D eigenvalue weighted by molar-refractivity contribution is 7.78. The van der Waals surface area contributed by atoms with Crippen molar-refractivity contribution in [1.82, 2.24) is 10.2 Å². The molecule has 2 rings (SSSR count). The van der Waals surface area contributed by atoms with E-state index in [1.165, 1.54) is 0 Å². The monoisotopic (exact) mass is 226 g/mol. The molecule has 80 valence electrons. The van der Waals surface area contributed by atoms with E-state index in [4.69, 9.17) is 4.74 Å². The van der Waals surface area contributed by atoms with Crippen molar-refractivity contribution < 1.29 is 13.2 Å². The summed E-state index contributed by atoms with van der Waals surface area (Å²) in [5.74, 6) is 1.36. The zero-order valence-electron chi connectivity index (χ0n) is 8.02. The summed E-state index contributed by atoms with van der Waals surface area (Å²) >= 11 is -1.49. The first-order chi connectivity index (χ1) is 7.28. The van der Waals surface area contributed by atoms with Crippen LogP contribution in [0.4, 0.5) is 0 Å². The molecule has 15 heavy (non-hydrogen) atoms. The minimum absolute atomic E-state index is 0.568.